The summed E-state index contributed by atoms with van der Waals surface area (Å²) in [6, 6.07) is 6.21. The smallest absolute Gasteiger partial charge is 0.193 e. The molecule has 1 aromatic rings. The molecular formula is C20H33N3O3. The predicted octanol–water partition coefficient (Wildman–Crippen LogP) is 2.24. The first-order chi connectivity index (χ1) is 12.7. The van der Waals surface area contributed by atoms with Gasteiger partial charge in [0, 0.05) is 33.2 Å². The second-order valence-electron chi connectivity index (χ2n) is 6.71. The van der Waals surface area contributed by atoms with E-state index in [-0.39, 0.29) is 0 Å². The third-order valence-corrected chi connectivity index (χ3v) is 4.62. The Morgan fingerprint density at radius 1 is 1.23 bits per heavy atom. The SMILES string of the molecule is CN=C(NCCOc1c(C)cccc1C)N1CCC(COCCOC)C1. The Morgan fingerprint density at radius 3 is 2.69 bits per heavy atom. The average molecular weight is 364 g/mol. The summed E-state index contributed by atoms with van der Waals surface area (Å²) in [5.41, 5.74) is 2.34. The van der Waals surface area contributed by atoms with E-state index in [1.165, 1.54) is 11.1 Å². The zero-order valence-electron chi connectivity index (χ0n) is 16.6. The molecule has 0 aliphatic carbocycles. The number of nitrogens with one attached hydrogen (secondary N) is 1. The maximum atomic E-state index is 5.95. The number of aliphatic imine (C=N–C) groups is 1. The summed E-state index contributed by atoms with van der Waals surface area (Å²) in [4.78, 5) is 6.70. The Morgan fingerprint density at radius 2 is 2.00 bits per heavy atom. The van der Waals surface area contributed by atoms with Crippen molar-refractivity contribution in [2.45, 2.75) is 20.3 Å². The number of guanidine groups is 1. The second-order valence-corrected chi connectivity index (χ2v) is 6.71. The fraction of sp³-hybridized carbons (Fsp3) is 0.650. The van der Waals surface area contributed by atoms with Gasteiger partial charge in [0.15, 0.2) is 5.96 Å². The molecule has 1 aromatic carbocycles. The van der Waals surface area contributed by atoms with Gasteiger partial charge in [0.05, 0.1) is 26.4 Å². The molecule has 0 amide bonds. The molecular weight excluding hydrogens is 330 g/mol. The maximum absolute atomic E-state index is 5.95. The number of methoxy groups -OCH3 is 1. The van der Waals surface area contributed by atoms with Gasteiger partial charge in [-0.15, -0.1) is 0 Å². The van der Waals surface area contributed by atoms with Crippen LogP contribution in [0, 0.1) is 19.8 Å². The molecule has 2 rings (SSSR count). The van der Waals surface area contributed by atoms with Gasteiger partial charge in [0.2, 0.25) is 0 Å². The van der Waals surface area contributed by atoms with Crippen molar-refractivity contribution >= 4 is 5.96 Å². The van der Waals surface area contributed by atoms with E-state index in [0.717, 1.165) is 44.4 Å². The lowest BCUT2D eigenvalue weighted by Gasteiger charge is -2.22. The Bertz CT molecular complexity index is 557. The zero-order chi connectivity index (χ0) is 18.8. The Kier molecular flexibility index (Phi) is 8.71. The lowest BCUT2D eigenvalue weighted by Crippen LogP contribution is -2.41. The van der Waals surface area contributed by atoms with Gasteiger partial charge in [-0.2, -0.15) is 0 Å². The molecule has 0 bridgehead atoms. The summed E-state index contributed by atoms with van der Waals surface area (Å²) in [6.07, 6.45) is 1.13. The third-order valence-electron chi connectivity index (χ3n) is 4.62. The molecule has 146 valence electrons. The van der Waals surface area contributed by atoms with Gasteiger partial charge in [0.25, 0.3) is 0 Å². The summed E-state index contributed by atoms with van der Waals surface area (Å²) in [5.74, 6) is 2.48. The van der Waals surface area contributed by atoms with Crippen molar-refractivity contribution in [2.75, 3.05) is 60.2 Å². The summed E-state index contributed by atoms with van der Waals surface area (Å²) >= 11 is 0. The van der Waals surface area contributed by atoms with Gasteiger partial charge in [-0.3, -0.25) is 4.99 Å². The number of hydrogen-bond acceptors (Lipinski definition) is 4. The first-order valence-electron chi connectivity index (χ1n) is 9.37. The highest BCUT2D eigenvalue weighted by atomic mass is 16.5. The first-order valence-corrected chi connectivity index (χ1v) is 9.37. The summed E-state index contributed by atoms with van der Waals surface area (Å²) in [5, 5.41) is 3.41. The van der Waals surface area contributed by atoms with Crippen LogP contribution in [0.2, 0.25) is 0 Å². The summed E-state index contributed by atoms with van der Waals surface area (Å²) < 4.78 is 16.6. The number of hydrogen-bond donors (Lipinski definition) is 1. The van der Waals surface area contributed by atoms with Crippen molar-refractivity contribution in [1.29, 1.82) is 0 Å². The van der Waals surface area contributed by atoms with Crippen molar-refractivity contribution < 1.29 is 14.2 Å². The number of ether oxygens (including phenoxy) is 3. The largest absolute Gasteiger partial charge is 0.491 e. The molecule has 0 spiro atoms. The highest BCUT2D eigenvalue weighted by Crippen LogP contribution is 2.22. The van der Waals surface area contributed by atoms with Crippen LogP contribution in [-0.2, 0) is 9.47 Å². The second kappa shape index (κ2) is 11.0. The molecule has 0 radical (unpaired) electrons. The standard InChI is InChI=1S/C20H33N3O3/c1-16-6-5-7-17(2)19(16)26-11-9-22-20(21-3)23-10-8-18(14-23)15-25-13-12-24-4/h5-7,18H,8-15H2,1-4H3,(H,21,22). The number of benzene rings is 1. The van der Waals surface area contributed by atoms with Crippen LogP contribution in [0.25, 0.3) is 0 Å². The minimum atomic E-state index is 0.552. The van der Waals surface area contributed by atoms with Gasteiger partial charge < -0.3 is 24.4 Å². The van der Waals surface area contributed by atoms with Crippen LogP contribution >= 0.6 is 0 Å². The molecule has 1 heterocycles. The van der Waals surface area contributed by atoms with Crippen LogP contribution in [-0.4, -0.2) is 71.1 Å². The highest BCUT2D eigenvalue weighted by Gasteiger charge is 2.24. The topological polar surface area (TPSA) is 55.3 Å². The van der Waals surface area contributed by atoms with Crippen LogP contribution in [0.15, 0.2) is 23.2 Å². The Labute approximate surface area is 157 Å². The van der Waals surface area contributed by atoms with E-state index in [2.05, 4.69) is 47.3 Å². The number of para-hydroxylation sites is 1. The molecule has 6 nitrogen and oxygen atoms in total. The van der Waals surface area contributed by atoms with Crippen molar-refractivity contribution in [3.8, 4) is 5.75 Å². The van der Waals surface area contributed by atoms with E-state index < -0.39 is 0 Å². The van der Waals surface area contributed by atoms with Crippen molar-refractivity contribution in [3.63, 3.8) is 0 Å². The zero-order valence-corrected chi connectivity index (χ0v) is 16.6. The molecule has 1 N–H and O–H groups in total. The molecule has 1 atom stereocenters. The number of nitrogens with zero attached hydrogens (tertiary/aromatic N) is 2. The molecule has 1 aliphatic heterocycles. The van der Waals surface area contributed by atoms with Gasteiger partial charge in [0.1, 0.15) is 12.4 Å². The van der Waals surface area contributed by atoms with E-state index in [1.807, 2.05) is 7.05 Å². The minimum absolute atomic E-state index is 0.552. The van der Waals surface area contributed by atoms with Crippen molar-refractivity contribution in [1.82, 2.24) is 10.2 Å². The molecule has 0 saturated carbocycles. The fourth-order valence-corrected chi connectivity index (χ4v) is 3.23. The molecule has 26 heavy (non-hydrogen) atoms. The van der Waals surface area contributed by atoms with Gasteiger partial charge in [-0.1, -0.05) is 18.2 Å². The highest BCUT2D eigenvalue weighted by molar-refractivity contribution is 5.80. The minimum Gasteiger partial charge on any atom is -0.491 e. The summed E-state index contributed by atoms with van der Waals surface area (Å²) in [6.45, 7) is 9.58. The monoisotopic (exact) mass is 363 g/mol. The fourth-order valence-electron chi connectivity index (χ4n) is 3.23. The van der Waals surface area contributed by atoms with E-state index in [0.29, 0.717) is 25.7 Å². The number of aryl methyl sites for hydroxylation is 2. The maximum Gasteiger partial charge on any atom is 0.193 e. The lowest BCUT2D eigenvalue weighted by molar-refractivity contribution is 0.0536. The van der Waals surface area contributed by atoms with Crippen LogP contribution in [0.5, 0.6) is 5.75 Å². The van der Waals surface area contributed by atoms with Crippen molar-refractivity contribution in [2.24, 2.45) is 10.9 Å². The molecule has 1 fully saturated rings. The van der Waals surface area contributed by atoms with E-state index in [4.69, 9.17) is 14.2 Å². The molecule has 1 unspecified atom stereocenters. The molecule has 1 aliphatic rings. The van der Waals surface area contributed by atoms with E-state index in [1.54, 1.807) is 7.11 Å². The van der Waals surface area contributed by atoms with Gasteiger partial charge in [-0.25, -0.2) is 0 Å². The van der Waals surface area contributed by atoms with Crippen LogP contribution < -0.4 is 10.1 Å². The predicted molar refractivity (Wildman–Crippen MR) is 105 cm³/mol. The molecule has 0 aromatic heterocycles. The van der Waals surface area contributed by atoms with Crippen molar-refractivity contribution in [3.05, 3.63) is 29.3 Å². The summed E-state index contributed by atoms with van der Waals surface area (Å²) in [7, 11) is 3.53. The Hall–Kier alpha value is -1.79. The number of rotatable bonds is 9. The quantitative estimate of drug-likeness (QED) is 0.414. The van der Waals surface area contributed by atoms with E-state index in [9.17, 15) is 0 Å². The van der Waals surface area contributed by atoms with Gasteiger partial charge >= 0.3 is 0 Å². The van der Waals surface area contributed by atoms with Crippen LogP contribution in [0.4, 0.5) is 0 Å². The van der Waals surface area contributed by atoms with Gasteiger partial charge in [-0.05, 0) is 31.4 Å². The Balaban J connectivity index is 1.70. The normalized spacial score (nSPS) is 17.6. The van der Waals surface area contributed by atoms with Crippen LogP contribution in [0.3, 0.4) is 0 Å². The molecule has 1 saturated heterocycles. The molecule has 6 heteroatoms. The third kappa shape index (κ3) is 6.18. The average Bonchev–Trinajstić information content (AvgIpc) is 3.09. The van der Waals surface area contributed by atoms with E-state index >= 15 is 0 Å². The first kappa shape index (κ1) is 20.5. The lowest BCUT2D eigenvalue weighted by atomic mass is 10.1. The number of likely N-dealkylation sites (tertiary alicyclic amines) is 1. The van der Waals surface area contributed by atoms with Crippen LogP contribution in [0.1, 0.15) is 17.5 Å².